The van der Waals surface area contributed by atoms with Crippen LogP contribution in [-0.2, 0) is 11.3 Å². The minimum absolute atomic E-state index is 0.0697. The van der Waals surface area contributed by atoms with Crippen LogP contribution in [0.15, 0.2) is 111 Å². The van der Waals surface area contributed by atoms with Gasteiger partial charge in [0.1, 0.15) is 0 Å². The maximum absolute atomic E-state index is 11.3. The summed E-state index contributed by atoms with van der Waals surface area (Å²) in [6.45, 7) is 2.21. The van der Waals surface area contributed by atoms with Crippen molar-refractivity contribution in [2.75, 3.05) is 10.6 Å². The highest BCUT2D eigenvalue weighted by molar-refractivity contribution is 9.10. The number of benzene rings is 5. The van der Waals surface area contributed by atoms with E-state index in [9.17, 15) is 4.79 Å². The van der Waals surface area contributed by atoms with Crippen LogP contribution in [0.3, 0.4) is 0 Å². The average Bonchev–Trinajstić information content (AvgIpc) is 2.85. The topological polar surface area (TPSA) is 41.1 Å². The molecule has 34 heavy (non-hydrogen) atoms. The fourth-order valence-electron chi connectivity index (χ4n) is 4.16. The number of halogens is 1. The van der Waals surface area contributed by atoms with Crippen LogP contribution in [0.4, 0.5) is 11.4 Å². The van der Waals surface area contributed by atoms with Crippen molar-refractivity contribution in [2.45, 2.75) is 23.3 Å². The summed E-state index contributed by atoms with van der Waals surface area (Å²) in [5, 5.41) is 11.4. The average molecular weight is 527 g/mol. The highest BCUT2D eigenvalue weighted by atomic mass is 79.9. The molecule has 5 aromatic rings. The molecule has 0 aliphatic heterocycles. The lowest BCUT2D eigenvalue weighted by atomic mass is 9.96. The van der Waals surface area contributed by atoms with Gasteiger partial charge in [-0.15, -0.1) is 0 Å². The molecule has 0 aliphatic carbocycles. The fraction of sp³-hybridized carbons (Fsp3) is 0.0690. The number of amides is 1. The highest BCUT2D eigenvalue weighted by Crippen LogP contribution is 2.42. The number of nitrogens with one attached hydrogen (secondary N) is 2. The molecule has 1 amide bonds. The van der Waals surface area contributed by atoms with Gasteiger partial charge < -0.3 is 10.6 Å². The van der Waals surface area contributed by atoms with Gasteiger partial charge in [0.2, 0.25) is 5.91 Å². The summed E-state index contributed by atoms with van der Waals surface area (Å²) in [5.74, 6) is -0.0697. The minimum atomic E-state index is -0.0697. The summed E-state index contributed by atoms with van der Waals surface area (Å²) in [5.41, 5.74) is 3.08. The highest BCUT2D eigenvalue weighted by Gasteiger charge is 2.14. The molecule has 0 atom stereocenters. The minimum Gasteiger partial charge on any atom is -0.381 e. The molecule has 168 valence electrons. The molecular formula is C29H23BrN2OS. The first-order valence-corrected chi connectivity index (χ1v) is 12.7. The van der Waals surface area contributed by atoms with E-state index < -0.39 is 0 Å². The number of carbonyl (C=O) groups excluding carboxylic acids is 1. The zero-order valence-corrected chi connectivity index (χ0v) is 21.0. The van der Waals surface area contributed by atoms with E-state index >= 15 is 0 Å². The lowest BCUT2D eigenvalue weighted by molar-refractivity contribution is -0.114. The van der Waals surface area contributed by atoms with Gasteiger partial charge in [0.25, 0.3) is 0 Å². The zero-order valence-electron chi connectivity index (χ0n) is 18.6. The van der Waals surface area contributed by atoms with E-state index in [0.29, 0.717) is 6.54 Å². The van der Waals surface area contributed by atoms with Gasteiger partial charge >= 0.3 is 0 Å². The van der Waals surface area contributed by atoms with Crippen LogP contribution in [0, 0.1) is 0 Å². The molecule has 0 unspecified atom stereocenters. The first-order valence-electron chi connectivity index (χ1n) is 11.1. The standard InChI is InChI=1S/C29H23BrN2OS/c1-19(33)32-22-14-12-21(13-15-22)31-18-28-24-6-2-4-8-26(24)29(27-9-5-3-7-25(27)28)34-23-16-10-20(30)11-17-23/h2-17,31H,18H2,1H3,(H,32,33). The third-order valence-corrected chi connectivity index (χ3v) is 7.38. The lowest BCUT2D eigenvalue weighted by Gasteiger charge is -2.17. The molecule has 0 spiro atoms. The predicted molar refractivity (Wildman–Crippen MR) is 148 cm³/mol. The normalized spacial score (nSPS) is 11.0. The van der Waals surface area contributed by atoms with Crippen molar-refractivity contribution in [3.05, 3.63) is 107 Å². The molecule has 5 aromatic carbocycles. The molecule has 0 bridgehead atoms. The second-order valence-corrected chi connectivity index (χ2v) is 10.1. The molecule has 5 rings (SSSR count). The van der Waals surface area contributed by atoms with Crippen molar-refractivity contribution in [3.8, 4) is 0 Å². The van der Waals surface area contributed by atoms with Gasteiger partial charge in [0, 0.05) is 39.1 Å². The zero-order chi connectivity index (χ0) is 23.5. The molecule has 0 saturated heterocycles. The van der Waals surface area contributed by atoms with Gasteiger partial charge in [-0.05, 0) is 75.6 Å². The molecule has 0 aliphatic rings. The number of anilines is 2. The third-order valence-electron chi connectivity index (χ3n) is 5.70. The van der Waals surface area contributed by atoms with Crippen LogP contribution in [0.1, 0.15) is 12.5 Å². The summed E-state index contributed by atoms with van der Waals surface area (Å²) in [6.07, 6.45) is 0. The molecule has 0 heterocycles. The Morgan fingerprint density at radius 3 is 1.82 bits per heavy atom. The van der Waals surface area contributed by atoms with Crippen molar-refractivity contribution in [1.29, 1.82) is 0 Å². The smallest absolute Gasteiger partial charge is 0.221 e. The Labute approximate surface area is 211 Å². The van der Waals surface area contributed by atoms with Crippen molar-refractivity contribution in [1.82, 2.24) is 0 Å². The van der Waals surface area contributed by atoms with Gasteiger partial charge in [-0.1, -0.05) is 76.2 Å². The Bertz CT molecular complexity index is 1420. The van der Waals surface area contributed by atoms with E-state index in [-0.39, 0.29) is 5.91 Å². The van der Waals surface area contributed by atoms with E-state index in [1.54, 1.807) is 0 Å². The number of fused-ring (bicyclic) bond motifs is 2. The Morgan fingerprint density at radius 2 is 1.26 bits per heavy atom. The molecule has 5 heteroatoms. The van der Waals surface area contributed by atoms with E-state index in [1.807, 2.05) is 36.0 Å². The van der Waals surface area contributed by atoms with Crippen molar-refractivity contribution in [3.63, 3.8) is 0 Å². The van der Waals surface area contributed by atoms with Crippen LogP contribution in [-0.4, -0.2) is 5.91 Å². The second-order valence-electron chi connectivity index (χ2n) is 8.07. The molecule has 3 nitrogen and oxygen atoms in total. The Hall–Kier alpha value is -3.28. The van der Waals surface area contributed by atoms with Crippen molar-refractivity contribution < 1.29 is 4.79 Å². The third kappa shape index (κ3) is 4.81. The van der Waals surface area contributed by atoms with Gasteiger partial charge in [-0.3, -0.25) is 4.79 Å². The number of hydrogen-bond acceptors (Lipinski definition) is 3. The Kier molecular flexibility index (Phi) is 6.57. The Morgan fingerprint density at radius 1 is 0.735 bits per heavy atom. The molecular weight excluding hydrogens is 504 g/mol. The molecule has 0 aromatic heterocycles. The number of carbonyl (C=O) groups is 1. The maximum atomic E-state index is 11.3. The fourth-order valence-corrected chi connectivity index (χ4v) is 5.51. The number of hydrogen-bond donors (Lipinski definition) is 2. The van der Waals surface area contributed by atoms with Crippen molar-refractivity contribution in [2.24, 2.45) is 0 Å². The number of rotatable bonds is 6. The van der Waals surface area contributed by atoms with Gasteiger partial charge in [-0.2, -0.15) is 0 Å². The predicted octanol–water partition coefficient (Wildman–Crippen LogP) is 8.48. The van der Waals surface area contributed by atoms with Crippen LogP contribution < -0.4 is 10.6 Å². The van der Waals surface area contributed by atoms with Gasteiger partial charge in [0.15, 0.2) is 0 Å². The first-order chi connectivity index (χ1) is 16.6. The second kappa shape index (κ2) is 9.92. The Balaban J connectivity index is 1.54. The van der Waals surface area contributed by atoms with Gasteiger partial charge in [-0.25, -0.2) is 0 Å². The van der Waals surface area contributed by atoms with Crippen LogP contribution in [0.2, 0.25) is 0 Å². The summed E-state index contributed by atoms with van der Waals surface area (Å²) in [7, 11) is 0. The summed E-state index contributed by atoms with van der Waals surface area (Å²) >= 11 is 5.35. The van der Waals surface area contributed by atoms with E-state index in [0.717, 1.165) is 15.8 Å². The summed E-state index contributed by atoms with van der Waals surface area (Å²) in [6, 6.07) is 33.6. The largest absolute Gasteiger partial charge is 0.381 e. The molecule has 0 radical (unpaired) electrons. The van der Waals surface area contributed by atoms with E-state index in [4.69, 9.17) is 0 Å². The first kappa shape index (κ1) is 22.5. The van der Waals surface area contributed by atoms with Crippen molar-refractivity contribution >= 4 is 66.5 Å². The van der Waals surface area contributed by atoms with Crippen LogP contribution in [0.25, 0.3) is 21.5 Å². The summed E-state index contributed by atoms with van der Waals surface area (Å²) in [4.78, 5) is 13.8. The monoisotopic (exact) mass is 526 g/mol. The quantitative estimate of drug-likeness (QED) is 0.218. The van der Waals surface area contributed by atoms with Gasteiger partial charge in [0.05, 0.1) is 0 Å². The van der Waals surface area contributed by atoms with E-state index in [1.165, 1.54) is 43.8 Å². The maximum Gasteiger partial charge on any atom is 0.221 e. The SMILES string of the molecule is CC(=O)Nc1ccc(NCc2c3ccccc3c(Sc3ccc(Br)cc3)c3ccccc23)cc1. The van der Waals surface area contributed by atoms with Crippen LogP contribution >= 0.6 is 27.7 Å². The molecule has 0 saturated carbocycles. The molecule has 0 fully saturated rings. The van der Waals surface area contributed by atoms with Crippen LogP contribution in [0.5, 0.6) is 0 Å². The molecule has 2 N–H and O–H groups in total. The summed E-state index contributed by atoms with van der Waals surface area (Å²) < 4.78 is 1.08. The van der Waals surface area contributed by atoms with E-state index in [2.05, 4.69) is 99.4 Å². The lowest BCUT2D eigenvalue weighted by Crippen LogP contribution is -2.06.